The first kappa shape index (κ1) is 34.4. The summed E-state index contributed by atoms with van der Waals surface area (Å²) >= 11 is 3.98. The van der Waals surface area contributed by atoms with Gasteiger partial charge in [0, 0.05) is 19.5 Å². The normalized spacial score (nSPS) is 12.8. The van der Waals surface area contributed by atoms with Crippen molar-refractivity contribution in [3.63, 3.8) is 0 Å². The van der Waals surface area contributed by atoms with Gasteiger partial charge in [-0.05, 0) is 37.9 Å². The molecule has 0 aliphatic heterocycles. The Bertz CT molecular complexity index is 844. The lowest BCUT2D eigenvalue weighted by Gasteiger charge is -2.21. The number of carboxylic acid groups (broad SMARTS) is 1. The fourth-order valence-electron chi connectivity index (χ4n) is 3.05. The Morgan fingerprint density at radius 2 is 1.47 bits per heavy atom. The van der Waals surface area contributed by atoms with E-state index < -0.39 is 60.7 Å². The molecule has 0 radical (unpaired) electrons. The summed E-state index contributed by atoms with van der Waals surface area (Å²) in [7, 11) is 0. The van der Waals surface area contributed by atoms with Crippen molar-refractivity contribution < 1.29 is 33.9 Å². The largest absolute Gasteiger partial charge is 0.481 e. The highest BCUT2D eigenvalue weighted by Crippen LogP contribution is 2.03. The molecular formula is C21H39N9O7S. The summed E-state index contributed by atoms with van der Waals surface area (Å²) in [6.45, 7) is 0.0709. The Morgan fingerprint density at radius 3 is 2.05 bits per heavy atom. The number of unbranched alkanes of at least 4 members (excludes halogenated alkanes) is 1. The minimum Gasteiger partial charge on any atom is -0.481 e. The number of carbonyl (C=O) groups excluding carboxylic acids is 5. The molecule has 0 fully saturated rings. The average Bonchev–Trinajstić information content (AvgIpc) is 2.83. The van der Waals surface area contributed by atoms with Crippen LogP contribution in [0.1, 0.15) is 44.9 Å². The number of nitrogens with one attached hydrogen (secondary N) is 6. The Balaban J connectivity index is 4.87. The highest BCUT2D eigenvalue weighted by Gasteiger charge is 2.25. The molecule has 0 saturated heterocycles. The molecule has 216 valence electrons. The van der Waals surface area contributed by atoms with Gasteiger partial charge in [-0.2, -0.15) is 12.6 Å². The van der Waals surface area contributed by atoms with Crippen LogP contribution in [0.2, 0.25) is 0 Å². The van der Waals surface area contributed by atoms with Crippen LogP contribution in [0.4, 0.5) is 0 Å². The predicted molar refractivity (Wildman–Crippen MR) is 141 cm³/mol. The van der Waals surface area contributed by atoms with Crippen molar-refractivity contribution >= 4 is 54.1 Å². The van der Waals surface area contributed by atoms with Gasteiger partial charge in [0.2, 0.25) is 29.5 Å². The summed E-state index contributed by atoms with van der Waals surface area (Å²) in [6.07, 6.45) is 1.48. The number of guanidine groups is 1. The van der Waals surface area contributed by atoms with E-state index in [1.807, 2.05) is 0 Å². The molecule has 0 heterocycles. The topological polar surface area (TPSA) is 285 Å². The van der Waals surface area contributed by atoms with E-state index in [0.717, 1.165) is 0 Å². The highest BCUT2D eigenvalue weighted by molar-refractivity contribution is 7.80. The van der Waals surface area contributed by atoms with Crippen LogP contribution in [0, 0.1) is 5.41 Å². The quantitative estimate of drug-likeness (QED) is 0.0298. The zero-order valence-corrected chi connectivity index (χ0v) is 22.0. The molecule has 0 aliphatic rings. The third-order valence-electron chi connectivity index (χ3n) is 5.04. The molecule has 17 heteroatoms. The molecular weight excluding hydrogens is 522 g/mol. The molecule has 13 N–H and O–H groups in total. The molecule has 0 bridgehead atoms. The summed E-state index contributed by atoms with van der Waals surface area (Å²) in [4.78, 5) is 70.9. The number of hydrogen-bond donors (Lipinski definition) is 11. The van der Waals surface area contributed by atoms with Crippen LogP contribution in [0.3, 0.4) is 0 Å². The van der Waals surface area contributed by atoms with E-state index in [9.17, 15) is 28.8 Å². The second-order valence-electron chi connectivity index (χ2n) is 8.31. The van der Waals surface area contributed by atoms with E-state index in [1.54, 1.807) is 0 Å². The average molecular weight is 562 g/mol. The number of hydrogen-bond acceptors (Lipinski definition) is 9. The van der Waals surface area contributed by atoms with E-state index >= 15 is 0 Å². The molecule has 0 spiro atoms. The summed E-state index contributed by atoms with van der Waals surface area (Å²) in [5.41, 5.74) is 16.2. The van der Waals surface area contributed by atoms with Crippen molar-refractivity contribution in [2.45, 2.75) is 63.1 Å². The van der Waals surface area contributed by atoms with Gasteiger partial charge in [0.05, 0.1) is 19.0 Å². The minimum atomic E-state index is -1.46. The second kappa shape index (κ2) is 19.5. The van der Waals surface area contributed by atoms with Gasteiger partial charge in [0.1, 0.15) is 12.1 Å². The number of nitrogens with two attached hydrogens (primary N) is 3. The smallest absolute Gasteiger partial charge is 0.305 e. The summed E-state index contributed by atoms with van der Waals surface area (Å²) in [6, 6.07) is -3.47. The molecule has 0 aliphatic carbocycles. The van der Waals surface area contributed by atoms with Crippen molar-refractivity contribution in [1.82, 2.24) is 26.6 Å². The first-order valence-corrected chi connectivity index (χ1v) is 12.6. The maximum Gasteiger partial charge on any atom is 0.305 e. The van der Waals surface area contributed by atoms with Gasteiger partial charge in [-0.25, -0.2) is 0 Å². The van der Waals surface area contributed by atoms with Crippen LogP contribution in [-0.2, 0) is 28.8 Å². The van der Waals surface area contributed by atoms with Crippen molar-refractivity contribution in [3.05, 3.63) is 0 Å². The first-order chi connectivity index (χ1) is 17.9. The van der Waals surface area contributed by atoms with Crippen LogP contribution in [0.25, 0.3) is 0 Å². The van der Waals surface area contributed by atoms with Gasteiger partial charge in [-0.3, -0.25) is 34.2 Å². The highest BCUT2D eigenvalue weighted by atomic mass is 32.1. The number of primary amides is 1. The van der Waals surface area contributed by atoms with Gasteiger partial charge in [0.15, 0.2) is 5.96 Å². The zero-order valence-electron chi connectivity index (χ0n) is 21.1. The molecule has 5 amide bonds. The van der Waals surface area contributed by atoms with Gasteiger partial charge >= 0.3 is 5.97 Å². The number of carboxylic acids is 1. The Kier molecular flexibility index (Phi) is 17.7. The van der Waals surface area contributed by atoms with Crippen molar-refractivity contribution in [2.75, 3.05) is 25.4 Å². The first-order valence-electron chi connectivity index (χ1n) is 12.0. The Morgan fingerprint density at radius 1 is 0.816 bits per heavy atom. The molecule has 0 aromatic carbocycles. The number of carbonyl (C=O) groups is 6. The maximum atomic E-state index is 12.7. The van der Waals surface area contributed by atoms with Gasteiger partial charge in [0.25, 0.3) is 0 Å². The maximum absolute atomic E-state index is 12.7. The van der Waals surface area contributed by atoms with Crippen LogP contribution < -0.4 is 43.8 Å². The third-order valence-corrected chi connectivity index (χ3v) is 5.26. The summed E-state index contributed by atoms with van der Waals surface area (Å²) in [5.74, 6) is -4.51. The molecule has 0 saturated carbocycles. The lowest BCUT2D eigenvalue weighted by molar-refractivity contribution is -0.140. The van der Waals surface area contributed by atoms with Crippen molar-refractivity contribution in [3.8, 4) is 0 Å². The monoisotopic (exact) mass is 561 g/mol. The molecule has 16 nitrogen and oxygen atoms in total. The van der Waals surface area contributed by atoms with E-state index in [4.69, 9.17) is 27.7 Å². The molecule has 0 rings (SSSR count). The molecule has 3 atom stereocenters. The van der Waals surface area contributed by atoms with Crippen LogP contribution in [-0.4, -0.2) is 90.1 Å². The Labute approximate surface area is 225 Å². The lowest BCUT2D eigenvalue weighted by Crippen LogP contribution is -2.54. The van der Waals surface area contributed by atoms with Crippen LogP contribution >= 0.6 is 12.6 Å². The summed E-state index contributed by atoms with van der Waals surface area (Å²) < 4.78 is 0. The van der Waals surface area contributed by atoms with Crippen LogP contribution in [0.5, 0.6) is 0 Å². The van der Waals surface area contributed by atoms with E-state index in [0.29, 0.717) is 44.4 Å². The van der Waals surface area contributed by atoms with E-state index in [2.05, 4.69) is 39.2 Å². The lowest BCUT2D eigenvalue weighted by atomic mass is 10.1. The standard InChI is InChI=1S/C21H39N9O7S/c22-12(4-1-2-7-26-15(31)6-9-38)19(36)30-13(5-3-8-27-21(24)25)20(37)28-11-16(32)29-14(18(23)35)10-17(33)34/h12-14,38H,1-11,22H2,(H2,23,35)(H,26,31)(H,28,37)(H,29,32)(H,30,36)(H,33,34)(H4,24,25,27)/t12-,13-,14-/m0/s1. The third kappa shape index (κ3) is 17.0. The molecule has 0 aromatic rings. The molecule has 0 aromatic heterocycles. The fourth-order valence-corrected chi connectivity index (χ4v) is 3.25. The molecule has 0 unspecified atom stereocenters. The SMILES string of the molecule is N=C(N)NCCC[C@H](NC(=O)[C@@H](N)CCCCNC(=O)CCS)C(=O)NCC(=O)N[C@@H](CC(=O)O)C(N)=O. The zero-order chi connectivity index (χ0) is 29.1. The van der Waals surface area contributed by atoms with Gasteiger partial charge < -0.3 is 48.9 Å². The van der Waals surface area contributed by atoms with E-state index in [1.165, 1.54) is 0 Å². The van der Waals surface area contributed by atoms with E-state index in [-0.39, 0.29) is 24.8 Å². The van der Waals surface area contributed by atoms with Crippen LogP contribution in [0.15, 0.2) is 0 Å². The second-order valence-corrected chi connectivity index (χ2v) is 8.76. The summed E-state index contributed by atoms with van der Waals surface area (Å²) in [5, 5.41) is 28.2. The minimum absolute atomic E-state index is 0.115. The number of aliphatic carboxylic acids is 1. The number of thiol groups is 1. The van der Waals surface area contributed by atoms with Gasteiger partial charge in [-0.1, -0.05) is 0 Å². The molecule has 38 heavy (non-hydrogen) atoms. The van der Waals surface area contributed by atoms with Crippen molar-refractivity contribution in [2.24, 2.45) is 17.2 Å². The van der Waals surface area contributed by atoms with Gasteiger partial charge in [-0.15, -0.1) is 0 Å². The number of rotatable bonds is 20. The predicted octanol–water partition coefficient (Wildman–Crippen LogP) is -3.77. The fraction of sp³-hybridized carbons (Fsp3) is 0.667. The number of amides is 5. The Hall–Kier alpha value is -3.60. The van der Waals surface area contributed by atoms with Crippen molar-refractivity contribution in [1.29, 1.82) is 5.41 Å².